The van der Waals surface area contributed by atoms with E-state index in [2.05, 4.69) is 15.2 Å². The lowest BCUT2D eigenvalue weighted by atomic mass is 10.2. The molecule has 0 aliphatic heterocycles. The molecule has 0 saturated heterocycles. The first-order valence-corrected chi connectivity index (χ1v) is 8.04. The van der Waals surface area contributed by atoms with E-state index in [1.807, 2.05) is 0 Å². The number of amides is 1. The molecule has 2 rings (SSSR count). The first kappa shape index (κ1) is 20.8. The maximum atomic E-state index is 12.8. The molecule has 1 N–H and O–H groups in total. The molecule has 0 aliphatic rings. The summed E-state index contributed by atoms with van der Waals surface area (Å²) in [7, 11) is 1.10. The van der Waals surface area contributed by atoms with Crippen LogP contribution in [0.5, 0.6) is 11.6 Å². The second-order valence-electron chi connectivity index (χ2n) is 4.98. The molecule has 27 heavy (non-hydrogen) atoms. The third kappa shape index (κ3) is 4.64. The highest BCUT2D eigenvalue weighted by Gasteiger charge is 2.32. The van der Waals surface area contributed by atoms with Crippen molar-refractivity contribution < 1.29 is 32.2 Å². The summed E-state index contributed by atoms with van der Waals surface area (Å²) in [5.74, 6) is -1.50. The third-order valence-corrected chi connectivity index (χ3v) is 3.70. The monoisotopic (exact) mass is 425 g/mol. The second-order valence-corrected chi connectivity index (χ2v) is 5.79. The molecular weight excluding hydrogens is 414 g/mol. The Bertz CT molecular complexity index is 861. The Kier molecular flexibility index (Phi) is 6.22. The maximum Gasteiger partial charge on any atom is 0.416 e. The molecular formula is C15H12Cl2F3N3O4. The molecule has 2 aromatic rings. The first-order valence-electron chi connectivity index (χ1n) is 7.29. The molecule has 1 aromatic carbocycles. The van der Waals surface area contributed by atoms with E-state index in [1.54, 1.807) is 6.92 Å². The van der Waals surface area contributed by atoms with Crippen molar-refractivity contribution in [2.45, 2.75) is 13.1 Å². The summed E-state index contributed by atoms with van der Waals surface area (Å²) < 4.78 is 48.9. The van der Waals surface area contributed by atoms with Gasteiger partial charge in [0.25, 0.3) is 0 Å². The summed E-state index contributed by atoms with van der Waals surface area (Å²) >= 11 is 11.6. The van der Waals surface area contributed by atoms with E-state index in [0.717, 1.165) is 13.2 Å². The summed E-state index contributed by atoms with van der Waals surface area (Å²) in [5.41, 5.74) is -1.33. The number of aromatic nitrogens is 2. The van der Waals surface area contributed by atoms with E-state index < -0.39 is 33.8 Å². The van der Waals surface area contributed by atoms with Gasteiger partial charge in [0.2, 0.25) is 5.88 Å². The van der Waals surface area contributed by atoms with Gasteiger partial charge in [-0.15, -0.1) is 5.10 Å². The van der Waals surface area contributed by atoms with Crippen LogP contribution in [0.1, 0.15) is 23.0 Å². The standard InChI is InChI=1S/C15H12Cl2F3N3O4/c1-3-21-14(25)23-10(13(24)26-2)6-11(22-23)27-12-8(16)4-7(5-9(12)17)15(18,19)20/h4-6H,3H2,1-2H3,(H,21,25). The summed E-state index contributed by atoms with van der Waals surface area (Å²) in [6.45, 7) is 1.91. The smallest absolute Gasteiger partial charge is 0.416 e. The summed E-state index contributed by atoms with van der Waals surface area (Å²) in [6, 6.07) is 1.58. The van der Waals surface area contributed by atoms with Crippen molar-refractivity contribution in [1.82, 2.24) is 15.1 Å². The first-order chi connectivity index (χ1) is 12.6. The van der Waals surface area contributed by atoms with Gasteiger partial charge in [-0.25, -0.2) is 9.59 Å². The van der Waals surface area contributed by atoms with Gasteiger partial charge < -0.3 is 14.8 Å². The Morgan fingerprint density at radius 2 is 1.81 bits per heavy atom. The Labute approximate surface area is 160 Å². The van der Waals surface area contributed by atoms with Crippen LogP contribution < -0.4 is 10.1 Å². The lowest BCUT2D eigenvalue weighted by molar-refractivity contribution is -0.137. The minimum absolute atomic E-state index is 0.256. The number of nitrogens with one attached hydrogen (secondary N) is 1. The fourth-order valence-electron chi connectivity index (χ4n) is 1.97. The van der Waals surface area contributed by atoms with Gasteiger partial charge in [0, 0.05) is 12.6 Å². The van der Waals surface area contributed by atoms with E-state index in [9.17, 15) is 22.8 Å². The highest BCUT2D eigenvalue weighted by Crippen LogP contribution is 2.41. The van der Waals surface area contributed by atoms with Crippen molar-refractivity contribution in [3.63, 3.8) is 0 Å². The fraction of sp³-hybridized carbons (Fsp3) is 0.267. The number of methoxy groups -OCH3 is 1. The highest BCUT2D eigenvalue weighted by atomic mass is 35.5. The molecule has 146 valence electrons. The normalized spacial score (nSPS) is 11.2. The van der Waals surface area contributed by atoms with E-state index in [4.69, 9.17) is 27.9 Å². The molecule has 0 saturated carbocycles. The Morgan fingerprint density at radius 3 is 2.30 bits per heavy atom. The molecule has 0 fully saturated rings. The van der Waals surface area contributed by atoms with Crippen molar-refractivity contribution in [1.29, 1.82) is 0 Å². The lowest BCUT2D eigenvalue weighted by Crippen LogP contribution is -2.31. The Balaban J connectivity index is 2.43. The topological polar surface area (TPSA) is 82.5 Å². The van der Waals surface area contributed by atoms with Crippen molar-refractivity contribution >= 4 is 35.2 Å². The molecule has 12 heteroatoms. The van der Waals surface area contributed by atoms with Crippen LogP contribution in [-0.2, 0) is 10.9 Å². The molecule has 1 heterocycles. The van der Waals surface area contributed by atoms with Crippen LogP contribution in [0.3, 0.4) is 0 Å². The number of rotatable bonds is 4. The molecule has 0 bridgehead atoms. The molecule has 1 aromatic heterocycles. The van der Waals surface area contributed by atoms with Crippen LogP contribution in [0.15, 0.2) is 18.2 Å². The number of alkyl halides is 3. The summed E-state index contributed by atoms with van der Waals surface area (Å²) in [4.78, 5) is 23.8. The van der Waals surface area contributed by atoms with Crippen LogP contribution >= 0.6 is 23.2 Å². The van der Waals surface area contributed by atoms with Crippen LogP contribution in [0.25, 0.3) is 0 Å². The van der Waals surface area contributed by atoms with Crippen molar-refractivity contribution in [2.75, 3.05) is 13.7 Å². The predicted molar refractivity (Wildman–Crippen MR) is 89.6 cm³/mol. The third-order valence-electron chi connectivity index (χ3n) is 3.13. The number of esters is 1. The van der Waals surface area contributed by atoms with Crippen LogP contribution in [0.4, 0.5) is 18.0 Å². The van der Waals surface area contributed by atoms with Crippen LogP contribution in [0.2, 0.25) is 10.0 Å². The zero-order valence-corrected chi connectivity index (χ0v) is 15.4. The van der Waals surface area contributed by atoms with E-state index in [0.29, 0.717) is 16.8 Å². The van der Waals surface area contributed by atoms with Gasteiger partial charge in [-0.2, -0.15) is 17.9 Å². The van der Waals surface area contributed by atoms with Gasteiger partial charge in [0.05, 0.1) is 22.7 Å². The van der Waals surface area contributed by atoms with Gasteiger partial charge in [-0.1, -0.05) is 23.2 Å². The minimum atomic E-state index is -4.65. The SMILES string of the molecule is CCNC(=O)n1nc(Oc2c(Cl)cc(C(F)(F)F)cc2Cl)cc1C(=O)OC. The van der Waals surface area contributed by atoms with E-state index >= 15 is 0 Å². The number of benzene rings is 1. The summed E-state index contributed by atoms with van der Waals surface area (Å²) in [6.07, 6.45) is -4.65. The van der Waals surface area contributed by atoms with E-state index in [-0.39, 0.29) is 23.9 Å². The summed E-state index contributed by atoms with van der Waals surface area (Å²) in [5, 5.41) is 5.36. The molecule has 0 spiro atoms. The highest BCUT2D eigenvalue weighted by molar-refractivity contribution is 6.37. The number of hydrogen-bond acceptors (Lipinski definition) is 5. The zero-order valence-electron chi connectivity index (χ0n) is 13.9. The second kappa shape index (κ2) is 8.05. The van der Waals surface area contributed by atoms with Gasteiger partial charge in [-0.3, -0.25) is 0 Å². The quantitative estimate of drug-likeness (QED) is 0.735. The number of carbonyl (C=O) groups excluding carboxylic acids is 2. The predicted octanol–water partition coefficient (Wildman–Crippen LogP) is 4.37. The Hall–Kier alpha value is -2.46. The minimum Gasteiger partial charge on any atom is -0.464 e. The molecule has 0 atom stereocenters. The number of ether oxygens (including phenoxy) is 2. The largest absolute Gasteiger partial charge is 0.464 e. The molecule has 1 amide bonds. The van der Waals surface area contributed by atoms with Crippen LogP contribution in [0, 0.1) is 0 Å². The van der Waals surface area contributed by atoms with Gasteiger partial charge in [-0.05, 0) is 19.1 Å². The van der Waals surface area contributed by atoms with Gasteiger partial charge >= 0.3 is 18.2 Å². The molecule has 0 aliphatic carbocycles. The molecule has 0 unspecified atom stereocenters. The fourth-order valence-corrected chi connectivity index (χ4v) is 2.53. The average Bonchev–Trinajstić information content (AvgIpc) is 3.00. The van der Waals surface area contributed by atoms with Crippen molar-refractivity contribution in [3.05, 3.63) is 39.5 Å². The molecule has 0 radical (unpaired) electrons. The number of hydrogen-bond donors (Lipinski definition) is 1. The van der Waals surface area contributed by atoms with Crippen molar-refractivity contribution in [2.24, 2.45) is 0 Å². The van der Waals surface area contributed by atoms with Crippen LogP contribution in [-0.4, -0.2) is 35.4 Å². The van der Waals surface area contributed by atoms with E-state index in [1.165, 1.54) is 0 Å². The number of halogens is 5. The Morgan fingerprint density at radius 1 is 1.22 bits per heavy atom. The lowest BCUT2D eigenvalue weighted by Gasteiger charge is -2.11. The maximum absolute atomic E-state index is 12.8. The molecule has 7 nitrogen and oxygen atoms in total. The average molecular weight is 426 g/mol. The number of carbonyl (C=O) groups is 2. The number of nitrogens with zero attached hydrogens (tertiary/aromatic N) is 2. The zero-order chi connectivity index (χ0) is 20.4. The van der Waals surface area contributed by atoms with Gasteiger partial charge in [0.15, 0.2) is 11.4 Å². The van der Waals surface area contributed by atoms with Gasteiger partial charge in [0.1, 0.15) is 0 Å². The van der Waals surface area contributed by atoms with Crippen molar-refractivity contribution in [3.8, 4) is 11.6 Å².